The van der Waals surface area contributed by atoms with Crippen LogP contribution in [0.25, 0.3) is 0 Å². The van der Waals surface area contributed by atoms with Gasteiger partial charge in [0.05, 0.1) is 0 Å². The van der Waals surface area contributed by atoms with Crippen LogP contribution in [0.4, 0.5) is 0 Å². The van der Waals surface area contributed by atoms with Crippen LogP contribution in [0, 0.1) is 11.3 Å². The lowest BCUT2D eigenvalue weighted by atomic mass is 10.3. The normalized spacial score (nSPS) is 9.20. The van der Waals surface area contributed by atoms with Crippen molar-refractivity contribution in [2.24, 2.45) is 0 Å². The molecule has 0 unspecified atom stereocenters. The minimum atomic E-state index is 0.158. The van der Waals surface area contributed by atoms with Crippen molar-refractivity contribution in [2.45, 2.75) is 6.42 Å². The number of nitriles is 1. The van der Waals surface area contributed by atoms with E-state index in [1.165, 1.54) is 11.3 Å². The molecule has 0 saturated heterocycles. The van der Waals surface area contributed by atoms with E-state index in [0.29, 0.717) is 11.3 Å². The number of aliphatic hydroxyl groups is 1. The molecule has 0 spiro atoms. The van der Waals surface area contributed by atoms with Crippen LogP contribution < -0.4 is 0 Å². The second kappa shape index (κ2) is 3.35. The van der Waals surface area contributed by atoms with E-state index in [0.717, 1.165) is 4.88 Å². The molecule has 2 nitrogen and oxygen atoms in total. The van der Waals surface area contributed by atoms with E-state index in [9.17, 15) is 0 Å². The molecule has 0 aliphatic carbocycles. The molecule has 0 aliphatic rings. The molecule has 0 aromatic carbocycles. The Morgan fingerprint density at radius 1 is 1.60 bits per heavy atom. The average Bonchev–Trinajstić information content (AvgIpc) is 2.37. The minimum absolute atomic E-state index is 0.158. The summed E-state index contributed by atoms with van der Waals surface area (Å²) in [5, 5.41) is 16.9. The lowest BCUT2D eigenvalue weighted by Gasteiger charge is -1.86. The zero-order valence-electron chi connectivity index (χ0n) is 5.37. The van der Waals surface area contributed by atoms with Crippen LogP contribution in [0.2, 0.25) is 0 Å². The minimum Gasteiger partial charge on any atom is -0.396 e. The van der Waals surface area contributed by atoms with Gasteiger partial charge in [-0.2, -0.15) is 5.26 Å². The van der Waals surface area contributed by atoms with Crippen LogP contribution in [0.15, 0.2) is 12.1 Å². The highest BCUT2D eigenvalue weighted by atomic mass is 32.1. The zero-order valence-corrected chi connectivity index (χ0v) is 6.19. The van der Waals surface area contributed by atoms with Gasteiger partial charge in [0.2, 0.25) is 0 Å². The summed E-state index contributed by atoms with van der Waals surface area (Å²) in [4.78, 5) is 1.78. The molecule has 1 aromatic rings. The van der Waals surface area contributed by atoms with Crippen molar-refractivity contribution < 1.29 is 5.11 Å². The first-order chi connectivity index (χ1) is 4.86. The summed E-state index contributed by atoms with van der Waals surface area (Å²) in [5.74, 6) is 0. The van der Waals surface area contributed by atoms with Crippen LogP contribution in [-0.2, 0) is 6.42 Å². The highest BCUT2D eigenvalue weighted by molar-refractivity contribution is 7.12. The summed E-state index contributed by atoms with van der Waals surface area (Å²) >= 11 is 1.44. The number of rotatable bonds is 2. The van der Waals surface area contributed by atoms with Gasteiger partial charge < -0.3 is 5.11 Å². The summed E-state index contributed by atoms with van der Waals surface area (Å²) in [6.07, 6.45) is 0.659. The molecule has 10 heavy (non-hydrogen) atoms. The van der Waals surface area contributed by atoms with Crippen LogP contribution in [-0.4, -0.2) is 11.7 Å². The molecule has 0 amide bonds. The summed E-state index contributed by atoms with van der Waals surface area (Å²) in [6, 6.07) is 5.69. The number of nitrogens with zero attached hydrogens (tertiary/aromatic N) is 1. The summed E-state index contributed by atoms with van der Waals surface area (Å²) in [7, 11) is 0. The Kier molecular flexibility index (Phi) is 2.43. The standard InChI is InChI=1S/C7H7NOS/c8-5-7-2-1-6(10-7)3-4-9/h1-2,9H,3-4H2. The highest BCUT2D eigenvalue weighted by Gasteiger charge is 1.96. The van der Waals surface area contributed by atoms with Crippen LogP contribution in [0.3, 0.4) is 0 Å². The van der Waals surface area contributed by atoms with Crippen molar-refractivity contribution in [3.8, 4) is 6.07 Å². The third-order valence-corrected chi connectivity index (χ3v) is 2.18. The summed E-state index contributed by atoms with van der Waals surface area (Å²) < 4.78 is 0. The lowest BCUT2D eigenvalue weighted by molar-refractivity contribution is 0.300. The van der Waals surface area contributed by atoms with Gasteiger partial charge in [-0.1, -0.05) is 0 Å². The van der Waals surface area contributed by atoms with E-state index >= 15 is 0 Å². The molecule has 0 radical (unpaired) electrons. The van der Waals surface area contributed by atoms with Gasteiger partial charge in [0, 0.05) is 17.9 Å². The molecule has 52 valence electrons. The maximum absolute atomic E-state index is 8.53. The van der Waals surface area contributed by atoms with Gasteiger partial charge in [0.1, 0.15) is 10.9 Å². The predicted molar refractivity (Wildman–Crippen MR) is 39.8 cm³/mol. The molecule has 1 aromatic heterocycles. The second-order valence-electron chi connectivity index (χ2n) is 1.85. The van der Waals surface area contributed by atoms with Gasteiger partial charge in [-0.15, -0.1) is 11.3 Å². The highest BCUT2D eigenvalue weighted by Crippen LogP contribution is 2.14. The maximum atomic E-state index is 8.53. The Balaban J connectivity index is 2.71. The largest absolute Gasteiger partial charge is 0.396 e. The number of hydrogen-bond acceptors (Lipinski definition) is 3. The Morgan fingerprint density at radius 3 is 2.90 bits per heavy atom. The molecule has 1 N–H and O–H groups in total. The number of thiophene rings is 1. The van der Waals surface area contributed by atoms with Gasteiger partial charge in [-0.05, 0) is 12.1 Å². The van der Waals surface area contributed by atoms with Crippen molar-refractivity contribution >= 4 is 11.3 Å². The fraction of sp³-hybridized carbons (Fsp3) is 0.286. The zero-order chi connectivity index (χ0) is 7.40. The van der Waals surface area contributed by atoms with E-state index in [-0.39, 0.29) is 6.61 Å². The molecule has 0 atom stereocenters. The molecular weight excluding hydrogens is 146 g/mol. The topological polar surface area (TPSA) is 44.0 Å². The predicted octanol–water partition coefficient (Wildman–Crippen LogP) is 1.15. The first-order valence-electron chi connectivity index (χ1n) is 2.96. The molecule has 3 heteroatoms. The Bertz CT molecular complexity index is 248. The van der Waals surface area contributed by atoms with Crippen molar-refractivity contribution in [3.05, 3.63) is 21.9 Å². The van der Waals surface area contributed by atoms with Crippen molar-refractivity contribution in [1.82, 2.24) is 0 Å². The Hall–Kier alpha value is -0.850. The van der Waals surface area contributed by atoms with Gasteiger partial charge in [0.15, 0.2) is 0 Å². The fourth-order valence-corrected chi connectivity index (χ4v) is 1.48. The van der Waals surface area contributed by atoms with Crippen molar-refractivity contribution in [3.63, 3.8) is 0 Å². The van der Waals surface area contributed by atoms with E-state index in [2.05, 4.69) is 0 Å². The van der Waals surface area contributed by atoms with E-state index in [1.54, 1.807) is 6.07 Å². The van der Waals surface area contributed by atoms with Gasteiger partial charge in [-0.25, -0.2) is 0 Å². The van der Waals surface area contributed by atoms with Crippen molar-refractivity contribution in [2.75, 3.05) is 6.61 Å². The second-order valence-corrected chi connectivity index (χ2v) is 3.02. The van der Waals surface area contributed by atoms with Crippen LogP contribution in [0.1, 0.15) is 9.75 Å². The molecule has 0 fully saturated rings. The van der Waals surface area contributed by atoms with E-state index in [1.807, 2.05) is 12.1 Å². The molecule has 1 heterocycles. The Morgan fingerprint density at radius 2 is 2.40 bits per heavy atom. The van der Waals surface area contributed by atoms with Gasteiger partial charge >= 0.3 is 0 Å². The average molecular weight is 153 g/mol. The van der Waals surface area contributed by atoms with Gasteiger partial charge in [-0.3, -0.25) is 0 Å². The fourth-order valence-electron chi connectivity index (χ4n) is 0.683. The molecule has 1 rings (SSSR count). The third-order valence-electron chi connectivity index (χ3n) is 1.13. The maximum Gasteiger partial charge on any atom is 0.110 e. The number of hydrogen-bond donors (Lipinski definition) is 1. The first kappa shape index (κ1) is 7.26. The molecule has 0 bridgehead atoms. The lowest BCUT2D eigenvalue weighted by Crippen LogP contribution is -1.84. The molecule has 0 saturated carbocycles. The third kappa shape index (κ3) is 1.56. The quantitative estimate of drug-likeness (QED) is 0.692. The summed E-state index contributed by atoms with van der Waals surface area (Å²) in [5.41, 5.74) is 0. The molecular formula is C7H7NOS. The molecule has 0 aliphatic heterocycles. The number of aliphatic hydroxyl groups excluding tert-OH is 1. The SMILES string of the molecule is N#Cc1ccc(CCO)s1. The Labute approximate surface area is 63.4 Å². The van der Waals surface area contributed by atoms with E-state index < -0.39 is 0 Å². The van der Waals surface area contributed by atoms with Crippen molar-refractivity contribution in [1.29, 1.82) is 5.26 Å². The summed E-state index contributed by atoms with van der Waals surface area (Å²) in [6.45, 7) is 0.158. The van der Waals surface area contributed by atoms with Gasteiger partial charge in [0.25, 0.3) is 0 Å². The van der Waals surface area contributed by atoms with Crippen LogP contribution >= 0.6 is 11.3 Å². The monoisotopic (exact) mass is 153 g/mol. The smallest absolute Gasteiger partial charge is 0.110 e. The first-order valence-corrected chi connectivity index (χ1v) is 3.78. The van der Waals surface area contributed by atoms with E-state index in [4.69, 9.17) is 10.4 Å². The van der Waals surface area contributed by atoms with Crippen LogP contribution in [0.5, 0.6) is 0 Å².